The van der Waals surface area contributed by atoms with Crippen molar-refractivity contribution in [3.8, 4) is 0 Å². The number of carbonyl (C=O) groups excluding carboxylic acids is 1. The number of carbonyl (C=O) groups is 1. The number of rotatable bonds is 7. The molecular formula is C32H30N2O4. The number of pyridine rings is 1. The monoisotopic (exact) mass is 506 g/mol. The lowest BCUT2D eigenvalue weighted by Crippen LogP contribution is -2.31. The van der Waals surface area contributed by atoms with Crippen LogP contribution in [-0.2, 0) is 16.8 Å². The first kappa shape index (κ1) is 25.2. The van der Waals surface area contributed by atoms with Crippen LogP contribution in [0, 0.1) is 19.1 Å². The molecule has 2 N–H and O–H groups in total. The van der Waals surface area contributed by atoms with E-state index in [1.54, 1.807) is 25.1 Å². The van der Waals surface area contributed by atoms with Gasteiger partial charge in [-0.15, -0.1) is 0 Å². The Balaban J connectivity index is 1.38. The summed E-state index contributed by atoms with van der Waals surface area (Å²) in [6.45, 7) is 5.75. The molecule has 6 heteroatoms. The number of aromatic nitrogens is 1. The van der Waals surface area contributed by atoms with E-state index in [1.165, 1.54) is 18.0 Å². The van der Waals surface area contributed by atoms with E-state index in [1.807, 2.05) is 48.5 Å². The number of hydrogen-bond acceptors (Lipinski definition) is 4. The van der Waals surface area contributed by atoms with Crippen LogP contribution < -0.4 is 10.0 Å². The molecule has 1 amide bonds. The van der Waals surface area contributed by atoms with Crippen LogP contribution in [0.3, 0.4) is 0 Å². The van der Waals surface area contributed by atoms with Gasteiger partial charge in [0.1, 0.15) is 16.9 Å². The van der Waals surface area contributed by atoms with Crippen LogP contribution in [0.25, 0.3) is 11.0 Å². The number of aryl methyl sites for hydroxylation is 2. The molecule has 0 saturated heterocycles. The van der Waals surface area contributed by atoms with Gasteiger partial charge in [-0.3, -0.25) is 4.79 Å². The lowest BCUT2D eigenvalue weighted by atomic mass is 9.93. The summed E-state index contributed by atoms with van der Waals surface area (Å²) in [6.07, 6.45) is 2.87. The summed E-state index contributed by atoms with van der Waals surface area (Å²) in [7, 11) is 0. The second-order valence-corrected chi connectivity index (χ2v) is 9.95. The summed E-state index contributed by atoms with van der Waals surface area (Å²) >= 11 is 0. The fraction of sp³-hybridized carbons (Fsp3) is 0.188. The minimum atomic E-state index is -1.42. The Hall–Kier alpha value is -4.42. The highest BCUT2D eigenvalue weighted by molar-refractivity contribution is 5.83. The first-order chi connectivity index (χ1) is 18.2. The molecule has 0 saturated carbocycles. The normalized spacial score (nSPS) is 13.7. The van der Waals surface area contributed by atoms with Gasteiger partial charge in [-0.05, 0) is 61.2 Å². The highest BCUT2D eigenvalue weighted by Gasteiger charge is 2.30. The summed E-state index contributed by atoms with van der Waals surface area (Å²) in [4.78, 5) is 13.3. The summed E-state index contributed by atoms with van der Waals surface area (Å²) in [6, 6.07) is 26.5. The van der Waals surface area contributed by atoms with E-state index in [9.17, 15) is 15.1 Å². The predicted molar refractivity (Wildman–Crippen MR) is 146 cm³/mol. The Morgan fingerprint density at radius 1 is 1.00 bits per heavy atom. The first-order valence-electron chi connectivity index (χ1n) is 12.6. The van der Waals surface area contributed by atoms with E-state index in [4.69, 9.17) is 4.42 Å². The molecule has 38 heavy (non-hydrogen) atoms. The van der Waals surface area contributed by atoms with Crippen molar-refractivity contribution in [3.05, 3.63) is 142 Å². The van der Waals surface area contributed by atoms with Gasteiger partial charge < -0.3 is 20.0 Å². The fourth-order valence-corrected chi connectivity index (χ4v) is 4.86. The molecule has 2 heterocycles. The third kappa shape index (κ3) is 5.17. The van der Waals surface area contributed by atoms with Crippen LogP contribution in [0.2, 0.25) is 0 Å². The highest BCUT2D eigenvalue weighted by atomic mass is 16.5. The second-order valence-electron chi connectivity index (χ2n) is 9.95. The molecule has 0 aliphatic carbocycles. The zero-order valence-electron chi connectivity index (χ0n) is 21.6. The summed E-state index contributed by atoms with van der Waals surface area (Å²) in [5.74, 6) is 0.265. The van der Waals surface area contributed by atoms with E-state index >= 15 is 0 Å². The van der Waals surface area contributed by atoms with Crippen molar-refractivity contribution in [2.75, 3.05) is 0 Å². The van der Waals surface area contributed by atoms with Gasteiger partial charge in [0.15, 0.2) is 12.4 Å². The van der Waals surface area contributed by atoms with Gasteiger partial charge in [-0.25, -0.2) is 0 Å². The highest BCUT2D eigenvalue weighted by Crippen LogP contribution is 2.33. The van der Waals surface area contributed by atoms with E-state index < -0.39 is 5.60 Å². The number of fused-ring (bicyclic) bond motifs is 1. The molecular weight excluding hydrogens is 476 g/mol. The second kappa shape index (κ2) is 10.1. The summed E-state index contributed by atoms with van der Waals surface area (Å²) in [5, 5.41) is 26.6. The Bertz CT molecular complexity index is 1590. The molecule has 0 bridgehead atoms. The van der Waals surface area contributed by atoms with Crippen LogP contribution in [0.1, 0.15) is 52.1 Å². The number of furan rings is 1. The van der Waals surface area contributed by atoms with Crippen LogP contribution >= 0.6 is 0 Å². The quantitative estimate of drug-likeness (QED) is 0.229. The SMILES string of the molecule is Cc1ccc(C(NC(=O)Cc2ccc3oc([C@@](C)(O)c4cc[n+]([O-])cc4)cc3c2)c2ccccc2)c(C)c1. The third-order valence-electron chi connectivity index (χ3n) is 6.96. The average Bonchev–Trinajstić information content (AvgIpc) is 3.33. The van der Waals surface area contributed by atoms with E-state index in [-0.39, 0.29) is 18.4 Å². The third-order valence-corrected chi connectivity index (χ3v) is 6.96. The van der Waals surface area contributed by atoms with Crippen molar-refractivity contribution in [1.29, 1.82) is 0 Å². The van der Waals surface area contributed by atoms with Crippen LogP contribution in [0.15, 0.2) is 102 Å². The van der Waals surface area contributed by atoms with Gasteiger partial charge in [0, 0.05) is 23.1 Å². The van der Waals surface area contributed by atoms with E-state index in [0.717, 1.165) is 27.6 Å². The minimum absolute atomic E-state index is 0.0934. The van der Waals surface area contributed by atoms with Gasteiger partial charge in [0.05, 0.1) is 12.5 Å². The number of nitrogens with zero attached hydrogens (tertiary/aromatic N) is 1. The smallest absolute Gasteiger partial charge is 0.225 e. The molecule has 2 atom stereocenters. The zero-order valence-corrected chi connectivity index (χ0v) is 21.6. The first-order valence-corrected chi connectivity index (χ1v) is 12.6. The lowest BCUT2D eigenvalue weighted by molar-refractivity contribution is -0.605. The molecule has 0 aliphatic rings. The topological polar surface area (TPSA) is 89.4 Å². The van der Waals surface area contributed by atoms with Gasteiger partial charge in [0.2, 0.25) is 5.91 Å². The average molecular weight is 507 g/mol. The van der Waals surface area contributed by atoms with Gasteiger partial charge >= 0.3 is 0 Å². The maximum absolute atomic E-state index is 13.3. The number of benzene rings is 3. The van der Waals surface area contributed by atoms with Crippen molar-refractivity contribution >= 4 is 16.9 Å². The summed E-state index contributed by atoms with van der Waals surface area (Å²) < 4.78 is 6.61. The number of aliphatic hydroxyl groups is 1. The molecule has 6 nitrogen and oxygen atoms in total. The molecule has 3 aromatic carbocycles. The molecule has 0 aliphatic heterocycles. The zero-order chi connectivity index (χ0) is 26.9. The fourth-order valence-electron chi connectivity index (χ4n) is 4.86. The minimum Gasteiger partial charge on any atom is -0.619 e. The number of nitrogens with one attached hydrogen (secondary N) is 1. The van der Waals surface area contributed by atoms with Crippen molar-refractivity contribution in [2.24, 2.45) is 0 Å². The van der Waals surface area contributed by atoms with Crippen molar-refractivity contribution in [3.63, 3.8) is 0 Å². The van der Waals surface area contributed by atoms with E-state index in [2.05, 4.69) is 37.4 Å². The van der Waals surface area contributed by atoms with Crippen molar-refractivity contribution in [1.82, 2.24) is 5.32 Å². The molecule has 0 fully saturated rings. The van der Waals surface area contributed by atoms with Crippen molar-refractivity contribution < 1.29 is 19.0 Å². The predicted octanol–water partition coefficient (Wildman–Crippen LogP) is 5.39. The molecule has 5 aromatic rings. The van der Waals surface area contributed by atoms with Gasteiger partial charge in [-0.2, -0.15) is 4.73 Å². The molecule has 5 rings (SSSR count). The molecule has 1 unspecified atom stereocenters. The number of hydrogen-bond donors (Lipinski definition) is 2. The molecule has 0 spiro atoms. The van der Waals surface area contributed by atoms with Gasteiger partial charge in [-0.1, -0.05) is 60.2 Å². The van der Waals surface area contributed by atoms with Gasteiger partial charge in [0.25, 0.3) is 0 Å². The Kier molecular flexibility index (Phi) is 6.74. The maximum Gasteiger partial charge on any atom is 0.225 e. The maximum atomic E-state index is 13.3. The standard InChI is InChI=1S/C32H30N2O4/c1-21-9-11-27(22(2)17-21)31(24-7-5-4-6-8-24)33-30(35)19-23-10-12-28-25(18-23)20-29(38-28)32(3,36)26-13-15-34(37)16-14-26/h4-18,20,31,36H,19H2,1-3H3,(H,33,35)/t31?,32-/m0/s1. The Morgan fingerprint density at radius 2 is 1.74 bits per heavy atom. The van der Waals surface area contributed by atoms with Crippen LogP contribution in [-0.4, -0.2) is 11.0 Å². The lowest BCUT2D eigenvalue weighted by Gasteiger charge is -2.22. The van der Waals surface area contributed by atoms with E-state index in [0.29, 0.717) is 21.6 Å². The number of amides is 1. The summed E-state index contributed by atoms with van der Waals surface area (Å²) in [5.41, 5.74) is 4.96. The van der Waals surface area contributed by atoms with Crippen molar-refractivity contribution in [2.45, 2.75) is 38.8 Å². The van der Waals surface area contributed by atoms with Crippen LogP contribution in [0.4, 0.5) is 0 Å². The Labute approximate surface area is 221 Å². The largest absolute Gasteiger partial charge is 0.619 e. The molecule has 192 valence electrons. The Morgan fingerprint density at radius 3 is 2.45 bits per heavy atom. The van der Waals surface area contributed by atoms with Crippen LogP contribution in [0.5, 0.6) is 0 Å². The molecule has 2 aromatic heterocycles. The molecule has 0 radical (unpaired) electrons.